The predicted molar refractivity (Wildman–Crippen MR) is 105 cm³/mol. The number of nitrogens with zero attached hydrogens (tertiary/aromatic N) is 4. The number of carboxylic acid groups (broad SMARTS) is 1. The van der Waals surface area contributed by atoms with Crippen molar-refractivity contribution >= 4 is 17.5 Å². The molecule has 0 bridgehead atoms. The fraction of sp³-hybridized carbons (Fsp3) is 0.364. The number of hydrogen-bond donors (Lipinski definition) is 1. The number of aliphatic carboxylic acids is 1. The Kier molecular flexibility index (Phi) is 4.12. The SMILES string of the molecule is O=C(c1cc2ncccn2n1)N1C[C@@H]2C[C@@H](c3ccccc3)CC[C@]2(C(=O)O)C1. The van der Waals surface area contributed by atoms with Crippen LogP contribution in [-0.2, 0) is 4.79 Å². The van der Waals surface area contributed by atoms with E-state index in [4.69, 9.17) is 0 Å². The zero-order valence-corrected chi connectivity index (χ0v) is 15.9. The van der Waals surface area contributed by atoms with E-state index >= 15 is 0 Å². The molecule has 7 nitrogen and oxygen atoms in total. The van der Waals surface area contributed by atoms with Gasteiger partial charge in [0.1, 0.15) is 0 Å². The van der Waals surface area contributed by atoms with Crippen molar-refractivity contribution in [3.8, 4) is 0 Å². The van der Waals surface area contributed by atoms with Crippen LogP contribution in [0, 0.1) is 11.3 Å². The molecule has 7 heteroatoms. The van der Waals surface area contributed by atoms with Crippen LogP contribution in [0.2, 0.25) is 0 Å². The molecule has 148 valence electrons. The molecule has 1 N–H and O–H groups in total. The van der Waals surface area contributed by atoms with Crippen LogP contribution in [0.25, 0.3) is 5.65 Å². The third-order valence-electron chi connectivity index (χ3n) is 6.64. The molecule has 0 unspecified atom stereocenters. The van der Waals surface area contributed by atoms with Crippen LogP contribution in [0.5, 0.6) is 0 Å². The molecular formula is C22H22N4O3. The lowest BCUT2D eigenvalue weighted by molar-refractivity contribution is -0.152. The topological polar surface area (TPSA) is 87.8 Å². The van der Waals surface area contributed by atoms with Crippen molar-refractivity contribution in [1.29, 1.82) is 0 Å². The van der Waals surface area contributed by atoms with Gasteiger partial charge in [0.2, 0.25) is 0 Å². The maximum absolute atomic E-state index is 13.1. The van der Waals surface area contributed by atoms with Crippen molar-refractivity contribution < 1.29 is 14.7 Å². The molecule has 1 aliphatic heterocycles. The lowest BCUT2D eigenvalue weighted by Crippen LogP contribution is -2.43. The molecule has 2 aliphatic rings. The van der Waals surface area contributed by atoms with Gasteiger partial charge >= 0.3 is 5.97 Å². The molecule has 0 spiro atoms. The van der Waals surface area contributed by atoms with Crippen LogP contribution in [0.4, 0.5) is 0 Å². The van der Waals surface area contributed by atoms with E-state index in [0.29, 0.717) is 30.2 Å². The fourth-order valence-corrected chi connectivity index (χ4v) is 5.08. The minimum atomic E-state index is -0.863. The van der Waals surface area contributed by atoms with E-state index in [1.54, 1.807) is 33.9 Å². The highest BCUT2D eigenvalue weighted by molar-refractivity contribution is 5.94. The number of benzene rings is 1. The second-order valence-corrected chi connectivity index (χ2v) is 8.18. The maximum Gasteiger partial charge on any atom is 0.311 e. The van der Waals surface area contributed by atoms with Gasteiger partial charge in [0.15, 0.2) is 11.3 Å². The standard InChI is InChI=1S/C22H22N4O3/c27-20(18-12-19-23-9-4-10-26(19)24-18)25-13-17-11-16(15-5-2-1-3-6-15)7-8-22(17,14-25)21(28)29/h1-6,9-10,12,16-17H,7-8,11,13-14H2,(H,28,29)/t16-,17-,22-/m0/s1. The fourth-order valence-electron chi connectivity index (χ4n) is 5.08. The summed E-state index contributed by atoms with van der Waals surface area (Å²) in [4.78, 5) is 31.3. The van der Waals surface area contributed by atoms with Crippen LogP contribution < -0.4 is 0 Å². The molecule has 1 aromatic carbocycles. The second-order valence-electron chi connectivity index (χ2n) is 8.18. The number of carbonyl (C=O) groups is 2. The smallest absolute Gasteiger partial charge is 0.311 e. The highest BCUT2D eigenvalue weighted by Crippen LogP contribution is 2.51. The quantitative estimate of drug-likeness (QED) is 0.743. The Hall–Kier alpha value is -3.22. The number of fused-ring (bicyclic) bond motifs is 2. The largest absolute Gasteiger partial charge is 0.481 e. The van der Waals surface area contributed by atoms with E-state index in [2.05, 4.69) is 22.2 Å². The first-order valence-electron chi connectivity index (χ1n) is 9.95. The Morgan fingerprint density at radius 1 is 1.17 bits per heavy atom. The van der Waals surface area contributed by atoms with Gasteiger partial charge in [0.25, 0.3) is 5.91 Å². The molecule has 2 aromatic heterocycles. The maximum atomic E-state index is 13.1. The van der Waals surface area contributed by atoms with E-state index in [-0.39, 0.29) is 18.4 Å². The summed E-state index contributed by atoms with van der Waals surface area (Å²) in [5.74, 6) is -0.732. The summed E-state index contributed by atoms with van der Waals surface area (Å²) in [5.41, 5.74) is 1.30. The van der Waals surface area contributed by atoms with Gasteiger partial charge in [0.05, 0.1) is 5.41 Å². The van der Waals surface area contributed by atoms with Crippen molar-refractivity contribution in [2.75, 3.05) is 13.1 Å². The summed E-state index contributed by atoms with van der Waals surface area (Å²) in [5, 5.41) is 14.4. The Labute approximate surface area is 168 Å². The molecular weight excluding hydrogens is 368 g/mol. The molecule has 1 saturated carbocycles. The minimum absolute atomic E-state index is 0.0573. The molecule has 3 atom stereocenters. The molecule has 0 radical (unpaired) electrons. The monoisotopic (exact) mass is 390 g/mol. The van der Waals surface area contributed by atoms with Gasteiger partial charge in [-0.25, -0.2) is 9.50 Å². The number of rotatable bonds is 3. The van der Waals surface area contributed by atoms with Crippen molar-refractivity contribution in [3.63, 3.8) is 0 Å². The summed E-state index contributed by atoms with van der Waals surface area (Å²) in [6, 6.07) is 13.7. The number of hydrogen-bond acceptors (Lipinski definition) is 4. The Morgan fingerprint density at radius 3 is 2.76 bits per heavy atom. The van der Waals surface area contributed by atoms with E-state index in [9.17, 15) is 14.7 Å². The highest BCUT2D eigenvalue weighted by Gasteiger charge is 2.56. The minimum Gasteiger partial charge on any atom is -0.481 e. The number of carbonyl (C=O) groups excluding carboxylic acids is 1. The van der Waals surface area contributed by atoms with Crippen molar-refractivity contribution in [2.24, 2.45) is 11.3 Å². The third kappa shape index (κ3) is 2.88. The van der Waals surface area contributed by atoms with E-state index in [1.165, 1.54) is 5.56 Å². The summed E-state index contributed by atoms with van der Waals surface area (Å²) in [6.45, 7) is 0.699. The lowest BCUT2D eigenvalue weighted by Gasteiger charge is -2.38. The first-order valence-corrected chi connectivity index (χ1v) is 9.95. The van der Waals surface area contributed by atoms with Gasteiger partial charge in [-0.1, -0.05) is 30.3 Å². The first kappa shape index (κ1) is 17.8. The summed E-state index contributed by atoms with van der Waals surface area (Å²) >= 11 is 0. The summed E-state index contributed by atoms with van der Waals surface area (Å²) < 4.78 is 1.56. The van der Waals surface area contributed by atoms with Crippen LogP contribution in [0.3, 0.4) is 0 Å². The molecule has 3 heterocycles. The van der Waals surface area contributed by atoms with Gasteiger partial charge in [-0.05, 0) is 42.7 Å². The average Bonchev–Trinajstić information content (AvgIpc) is 3.35. The number of amides is 1. The van der Waals surface area contributed by atoms with Crippen molar-refractivity contribution in [2.45, 2.75) is 25.2 Å². The predicted octanol–water partition coefficient (Wildman–Crippen LogP) is 2.84. The Balaban J connectivity index is 1.41. The van der Waals surface area contributed by atoms with Crippen molar-refractivity contribution in [3.05, 3.63) is 66.1 Å². The molecule has 1 saturated heterocycles. The van der Waals surface area contributed by atoms with Gasteiger partial charge in [-0.15, -0.1) is 0 Å². The molecule has 3 aromatic rings. The lowest BCUT2D eigenvalue weighted by atomic mass is 9.64. The van der Waals surface area contributed by atoms with Gasteiger partial charge in [0, 0.05) is 31.5 Å². The summed E-state index contributed by atoms with van der Waals surface area (Å²) in [7, 11) is 0. The molecule has 1 amide bonds. The van der Waals surface area contributed by atoms with Gasteiger partial charge in [-0.2, -0.15) is 5.10 Å². The van der Waals surface area contributed by atoms with E-state index in [0.717, 1.165) is 12.8 Å². The average molecular weight is 390 g/mol. The zero-order chi connectivity index (χ0) is 20.0. The summed E-state index contributed by atoms with van der Waals surface area (Å²) in [6.07, 6.45) is 5.59. The number of aromatic nitrogens is 3. The molecule has 1 aliphatic carbocycles. The zero-order valence-electron chi connectivity index (χ0n) is 15.9. The highest BCUT2D eigenvalue weighted by atomic mass is 16.4. The van der Waals surface area contributed by atoms with Gasteiger partial charge < -0.3 is 10.0 Å². The van der Waals surface area contributed by atoms with Crippen LogP contribution >= 0.6 is 0 Å². The first-order chi connectivity index (χ1) is 14.1. The second kappa shape index (κ2) is 6.69. The van der Waals surface area contributed by atoms with E-state index in [1.807, 2.05) is 18.2 Å². The number of carboxylic acids is 1. The Bertz CT molecular complexity index is 1050. The Morgan fingerprint density at radius 2 is 2.00 bits per heavy atom. The molecule has 5 rings (SSSR count). The van der Waals surface area contributed by atoms with Crippen LogP contribution in [-0.4, -0.2) is 49.6 Å². The molecule has 29 heavy (non-hydrogen) atoms. The molecule has 2 fully saturated rings. The normalized spacial score (nSPS) is 26.4. The van der Waals surface area contributed by atoms with E-state index < -0.39 is 11.4 Å². The van der Waals surface area contributed by atoms with Crippen LogP contribution in [0.1, 0.15) is 41.2 Å². The van der Waals surface area contributed by atoms with Crippen LogP contribution in [0.15, 0.2) is 54.9 Å². The third-order valence-corrected chi connectivity index (χ3v) is 6.64. The van der Waals surface area contributed by atoms with Gasteiger partial charge in [-0.3, -0.25) is 9.59 Å². The van der Waals surface area contributed by atoms with Crippen molar-refractivity contribution in [1.82, 2.24) is 19.5 Å². The number of likely N-dealkylation sites (tertiary alicyclic amines) is 1.